The summed E-state index contributed by atoms with van der Waals surface area (Å²) in [5, 5.41) is 14.1. The largest absolute Gasteiger partial charge is 0.349 e. The minimum atomic E-state index is -0.349. The first kappa shape index (κ1) is 13.8. The van der Waals surface area contributed by atoms with Crippen LogP contribution in [0.2, 0.25) is 0 Å². The monoisotopic (exact) mass is 323 g/mol. The van der Waals surface area contributed by atoms with Crippen molar-refractivity contribution >= 4 is 21.6 Å². The van der Waals surface area contributed by atoms with Gasteiger partial charge in [-0.1, -0.05) is 15.9 Å². The Morgan fingerprint density at radius 2 is 2.21 bits per heavy atom. The summed E-state index contributed by atoms with van der Waals surface area (Å²) >= 11 is 3.26. The number of aromatic nitrogens is 1. The standard InChI is InChI=1S/C13H14BrN3O2/c1-15-7-10-4-5-16(8-10)9-11-2-3-12(14)6-13(11)17(18)19/h2-6,8,15H,7,9H2,1H3. The van der Waals surface area contributed by atoms with Crippen LogP contribution in [0.1, 0.15) is 11.1 Å². The van der Waals surface area contributed by atoms with E-state index in [2.05, 4.69) is 21.2 Å². The summed E-state index contributed by atoms with van der Waals surface area (Å²) in [6.07, 6.45) is 3.92. The van der Waals surface area contributed by atoms with Gasteiger partial charge < -0.3 is 9.88 Å². The number of nitrogens with one attached hydrogen (secondary N) is 1. The SMILES string of the molecule is CNCc1ccn(Cc2ccc(Br)cc2[N+](=O)[O-])c1. The fourth-order valence-corrected chi connectivity index (χ4v) is 2.28. The molecule has 0 aliphatic rings. The first-order valence-electron chi connectivity index (χ1n) is 5.82. The third kappa shape index (κ3) is 3.42. The second-order valence-electron chi connectivity index (χ2n) is 4.25. The average molecular weight is 324 g/mol. The Labute approximate surface area is 119 Å². The molecule has 6 heteroatoms. The van der Waals surface area contributed by atoms with Gasteiger partial charge in [0.05, 0.1) is 11.5 Å². The van der Waals surface area contributed by atoms with Crippen LogP contribution in [0, 0.1) is 10.1 Å². The molecule has 0 unspecified atom stereocenters. The lowest BCUT2D eigenvalue weighted by atomic mass is 10.2. The molecule has 5 nitrogen and oxygen atoms in total. The molecular weight excluding hydrogens is 310 g/mol. The second kappa shape index (κ2) is 5.99. The molecule has 1 aromatic heterocycles. The minimum Gasteiger partial charge on any atom is -0.349 e. The number of benzene rings is 1. The molecule has 0 fully saturated rings. The Hall–Kier alpha value is -1.66. The van der Waals surface area contributed by atoms with Crippen LogP contribution in [0.4, 0.5) is 5.69 Å². The maximum Gasteiger partial charge on any atom is 0.275 e. The maximum atomic E-state index is 11.0. The first-order chi connectivity index (χ1) is 9.10. The predicted octanol–water partition coefficient (Wildman–Crippen LogP) is 2.93. The molecule has 2 aromatic rings. The van der Waals surface area contributed by atoms with Gasteiger partial charge in [-0.05, 0) is 30.8 Å². The zero-order chi connectivity index (χ0) is 13.8. The highest BCUT2D eigenvalue weighted by atomic mass is 79.9. The molecule has 0 atom stereocenters. The van der Waals surface area contributed by atoms with Crippen LogP contribution in [-0.2, 0) is 13.1 Å². The van der Waals surface area contributed by atoms with Gasteiger partial charge >= 0.3 is 0 Å². The summed E-state index contributed by atoms with van der Waals surface area (Å²) in [7, 11) is 1.89. The van der Waals surface area contributed by atoms with Gasteiger partial charge in [0, 0.05) is 35.0 Å². The van der Waals surface area contributed by atoms with E-state index in [0.717, 1.165) is 12.1 Å². The highest BCUT2D eigenvalue weighted by Gasteiger charge is 2.14. The molecule has 0 radical (unpaired) electrons. The molecule has 0 saturated carbocycles. The Morgan fingerprint density at radius 3 is 2.89 bits per heavy atom. The molecule has 1 heterocycles. The highest BCUT2D eigenvalue weighted by molar-refractivity contribution is 9.10. The smallest absolute Gasteiger partial charge is 0.275 e. The number of hydrogen-bond acceptors (Lipinski definition) is 3. The Balaban J connectivity index is 2.24. The fraction of sp³-hybridized carbons (Fsp3) is 0.231. The van der Waals surface area contributed by atoms with Crippen molar-refractivity contribution in [2.24, 2.45) is 0 Å². The molecule has 1 N–H and O–H groups in total. The predicted molar refractivity (Wildman–Crippen MR) is 77.1 cm³/mol. The fourth-order valence-electron chi connectivity index (χ4n) is 1.93. The summed E-state index contributed by atoms with van der Waals surface area (Å²) < 4.78 is 2.66. The lowest BCUT2D eigenvalue weighted by Crippen LogP contribution is -2.04. The third-order valence-electron chi connectivity index (χ3n) is 2.79. The summed E-state index contributed by atoms with van der Waals surface area (Å²) in [5.41, 5.74) is 1.99. The highest BCUT2D eigenvalue weighted by Crippen LogP contribution is 2.24. The molecule has 0 amide bonds. The second-order valence-corrected chi connectivity index (χ2v) is 5.17. The topological polar surface area (TPSA) is 60.1 Å². The van der Waals surface area contributed by atoms with Crippen LogP contribution in [0.15, 0.2) is 41.1 Å². The lowest BCUT2D eigenvalue weighted by Gasteiger charge is -2.05. The van der Waals surface area contributed by atoms with Gasteiger partial charge in [-0.2, -0.15) is 0 Å². The Morgan fingerprint density at radius 1 is 1.42 bits per heavy atom. The summed E-state index contributed by atoms with van der Waals surface area (Å²) in [5.74, 6) is 0. The zero-order valence-electron chi connectivity index (χ0n) is 10.5. The van der Waals surface area contributed by atoms with E-state index in [1.54, 1.807) is 6.07 Å². The average Bonchev–Trinajstić information content (AvgIpc) is 2.79. The van der Waals surface area contributed by atoms with E-state index in [4.69, 9.17) is 0 Å². The van der Waals surface area contributed by atoms with Crippen molar-refractivity contribution < 1.29 is 4.92 Å². The molecule has 0 bridgehead atoms. The summed E-state index contributed by atoms with van der Waals surface area (Å²) in [6, 6.07) is 7.13. The lowest BCUT2D eigenvalue weighted by molar-refractivity contribution is -0.385. The molecule has 19 heavy (non-hydrogen) atoms. The van der Waals surface area contributed by atoms with E-state index in [9.17, 15) is 10.1 Å². The molecule has 0 spiro atoms. The number of hydrogen-bond donors (Lipinski definition) is 1. The molecule has 100 valence electrons. The summed E-state index contributed by atoms with van der Waals surface area (Å²) in [4.78, 5) is 10.7. The van der Waals surface area contributed by atoms with Gasteiger partial charge in [0.15, 0.2) is 0 Å². The molecule has 2 rings (SSSR count). The van der Waals surface area contributed by atoms with E-state index in [1.165, 1.54) is 6.07 Å². The molecule has 0 aliphatic carbocycles. The normalized spacial score (nSPS) is 10.6. The van der Waals surface area contributed by atoms with Crippen molar-refractivity contribution in [3.05, 3.63) is 62.4 Å². The van der Waals surface area contributed by atoms with Crippen LogP contribution in [0.3, 0.4) is 0 Å². The maximum absolute atomic E-state index is 11.0. The van der Waals surface area contributed by atoms with Crippen molar-refractivity contribution in [3.8, 4) is 0 Å². The third-order valence-corrected chi connectivity index (χ3v) is 3.28. The number of nitrogens with zero attached hydrogens (tertiary/aromatic N) is 2. The van der Waals surface area contributed by atoms with E-state index < -0.39 is 0 Å². The van der Waals surface area contributed by atoms with Crippen LogP contribution in [0.25, 0.3) is 0 Å². The van der Waals surface area contributed by atoms with Gasteiger partial charge in [0.25, 0.3) is 5.69 Å². The van der Waals surface area contributed by atoms with Gasteiger partial charge in [-0.15, -0.1) is 0 Å². The van der Waals surface area contributed by atoms with Gasteiger partial charge in [-0.3, -0.25) is 10.1 Å². The number of nitro groups is 1. The molecule has 0 aliphatic heterocycles. The van der Waals surface area contributed by atoms with Crippen molar-refractivity contribution in [3.63, 3.8) is 0 Å². The van der Waals surface area contributed by atoms with Crippen LogP contribution < -0.4 is 5.32 Å². The zero-order valence-corrected chi connectivity index (χ0v) is 12.1. The molecule has 0 saturated heterocycles. The van der Waals surface area contributed by atoms with Gasteiger partial charge in [-0.25, -0.2) is 0 Å². The minimum absolute atomic E-state index is 0.137. The van der Waals surface area contributed by atoms with E-state index in [-0.39, 0.29) is 10.6 Å². The Kier molecular flexibility index (Phi) is 4.34. The quantitative estimate of drug-likeness (QED) is 0.679. The van der Waals surface area contributed by atoms with Crippen LogP contribution in [0.5, 0.6) is 0 Å². The van der Waals surface area contributed by atoms with E-state index in [0.29, 0.717) is 16.6 Å². The first-order valence-corrected chi connectivity index (χ1v) is 6.61. The van der Waals surface area contributed by atoms with E-state index >= 15 is 0 Å². The molecular formula is C13H14BrN3O2. The van der Waals surface area contributed by atoms with Gasteiger partial charge in [0.2, 0.25) is 0 Å². The van der Waals surface area contributed by atoms with Gasteiger partial charge in [0.1, 0.15) is 0 Å². The number of rotatable bonds is 5. The van der Waals surface area contributed by atoms with Crippen molar-refractivity contribution in [1.82, 2.24) is 9.88 Å². The number of halogens is 1. The van der Waals surface area contributed by atoms with Crippen LogP contribution in [-0.4, -0.2) is 16.5 Å². The van der Waals surface area contributed by atoms with Crippen LogP contribution >= 0.6 is 15.9 Å². The Bertz CT molecular complexity index is 595. The summed E-state index contributed by atoms with van der Waals surface area (Å²) in [6.45, 7) is 1.28. The number of nitro benzene ring substituents is 1. The van der Waals surface area contributed by atoms with E-state index in [1.807, 2.05) is 36.1 Å². The van der Waals surface area contributed by atoms with Crippen molar-refractivity contribution in [2.75, 3.05) is 7.05 Å². The molecule has 1 aromatic carbocycles. The van der Waals surface area contributed by atoms with Crippen molar-refractivity contribution in [2.45, 2.75) is 13.1 Å². The van der Waals surface area contributed by atoms with Crippen molar-refractivity contribution in [1.29, 1.82) is 0 Å².